The molecule has 1 aromatic heterocycles. The van der Waals surface area contributed by atoms with Crippen LogP contribution < -0.4 is 10.9 Å². The first kappa shape index (κ1) is 19.2. The molecular weight excluding hydrogens is 380 g/mol. The lowest BCUT2D eigenvalue weighted by Crippen LogP contribution is -2.40. The monoisotopic (exact) mass is 406 g/mol. The third-order valence-corrected chi connectivity index (χ3v) is 5.92. The van der Waals surface area contributed by atoms with Gasteiger partial charge in [-0.25, -0.2) is 4.98 Å². The van der Waals surface area contributed by atoms with Gasteiger partial charge in [-0.1, -0.05) is 24.3 Å². The Morgan fingerprint density at radius 3 is 2.80 bits per heavy atom. The van der Waals surface area contributed by atoms with Gasteiger partial charge < -0.3 is 15.2 Å². The lowest BCUT2D eigenvalue weighted by atomic mass is 10.00. The van der Waals surface area contributed by atoms with Gasteiger partial charge in [-0.3, -0.25) is 14.3 Å². The molecule has 0 saturated carbocycles. The van der Waals surface area contributed by atoms with Crippen molar-refractivity contribution in [1.29, 1.82) is 0 Å². The first-order valence-electron chi connectivity index (χ1n) is 10.5. The number of rotatable bonds is 6. The maximum atomic E-state index is 13.0. The lowest BCUT2D eigenvalue weighted by molar-refractivity contribution is 0.0211. The molecule has 0 radical (unpaired) electrons. The minimum Gasteiger partial charge on any atom is -0.390 e. The first-order chi connectivity index (χ1) is 14.7. The summed E-state index contributed by atoms with van der Waals surface area (Å²) in [6, 6.07) is 14.4. The number of ether oxygens (including phenoxy) is 1. The van der Waals surface area contributed by atoms with Crippen LogP contribution in [0, 0.1) is 0 Å². The van der Waals surface area contributed by atoms with Crippen molar-refractivity contribution in [2.75, 3.05) is 31.6 Å². The summed E-state index contributed by atoms with van der Waals surface area (Å²) in [6.45, 7) is 3.87. The predicted molar refractivity (Wildman–Crippen MR) is 116 cm³/mol. The fourth-order valence-corrected chi connectivity index (χ4v) is 4.23. The zero-order chi connectivity index (χ0) is 20.5. The number of nitrogens with zero attached hydrogens (tertiary/aromatic N) is 3. The van der Waals surface area contributed by atoms with Gasteiger partial charge in [0.05, 0.1) is 49.1 Å². The standard InChI is InChI=1S/C23H26N4O3/c28-20(11-26-8-7-16-3-1-2-4-17(16)10-26)12-27-15-24-22-6-5-18(9-21(22)23(27)29)25-19-13-30-14-19/h1-6,9,15,19-20,25,28H,7-8,10-14H2. The van der Waals surface area contributed by atoms with Gasteiger partial charge in [-0.15, -0.1) is 0 Å². The molecule has 156 valence electrons. The van der Waals surface area contributed by atoms with E-state index in [2.05, 4.69) is 39.5 Å². The Labute approximate surface area is 174 Å². The fraction of sp³-hybridized carbons (Fsp3) is 0.391. The van der Waals surface area contributed by atoms with E-state index >= 15 is 0 Å². The number of aliphatic hydroxyl groups is 1. The largest absolute Gasteiger partial charge is 0.390 e. The van der Waals surface area contributed by atoms with Gasteiger partial charge in [-0.05, 0) is 35.7 Å². The van der Waals surface area contributed by atoms with Crippen LogP contribution in [0.2, 0.25) is 0 Å². The summed E-state index contributed by atoms with van der Waals surface area (Å²) in [4.78, 5) is 19.6. The average molecular weight is 406 g/mol. The zero-order valence-electron chi connectivity index (χ0n) is 16.8. The summed E-state index contributed by atoms with van der Waals surface area (Å²) in [6.07, 6.45) is 1.88. The van der Waals surface area contributed by atoms with Gasteiger partial charge in [0, 0.05) is 25.3 Å². The highest BCUT2D eigenvalue weighted by Gasteiger charge is 2.20. The molecule has 2 N–H and O–H groups in total. The summed E-state index contributed by atoms with van der Waals surface area (Å²) in [5, 5.41) is 14.6. The molecule has 30 heavy (non-hydrogen) atoms. The number of aliphatic hydroxyl groups excluding tert-OH is 1. The van der Waals surface area contributed by atoms with Crippen molar-refractivity contribution in [3.05, 3.63) is 70.3 Å². The second-order valence-electron chi connectivity index (χ2n) is 8.22. The Balaban J connectivity index is 1.28. The number of anilines is 1. The molecule has 1 unspecified atom stereocenters. The van der Waals surface area contributed by atoms with E-state index in [9.17, 15) is 9.90 Å². The van der Waals surface area contributed by atoms with Gasteiger partial charge in [0.2, 0.25) is 0 Å². The van der Waals surface area contributed by atoms with Gasteiger partial charge in [-0.2, -0.15) is 0 Å². The van der Waals surface area contributed by atoms with Crippen molar-refractivity contribution in [3.8, 4) is 0 Å². The maximum Gasteiger partial charge on any atom is 0.261 e. The van der Waals surface area contributed by atoms with Crippen LogP contribution in [-0.4, -0.2) is 58.0 Å². The second kappa shape index (κ2) is 8.18. The van der Waals surface area contributed by atoms with Crippen LogP contribution in [0.3, 0.4) is 0 Å². The summed E-state index contributed by atoms with van der Waals surface area (Å²) in [5.41, 5.74) is 4.12. The number of β-amino-alcohol motifs (C(OH)–C–C–N with tert-alkyl or cyclic N) is 1. The van der Waals surface area contributed by atoms with E-state index in [1.54, 1.807) is 0 Å². The Kier molecular flexibility index (Phi) is 5.25. The molecule has 2 aromatic carbocycles. The van der Waals surface area contributed by atoms with E-state index in [0.717, 1.165) is 25.2 Å². The normalized spacial score (nSPS) is 18.0. The van der Waals surface area contributed by atoms with Crippen molar-refractivity contribution < 1.29 is 9.84 Å². The average Bonchev–Trinajstić information content (AvgIpc) is 2.73. The number of nitrogens with one attached hydrogen (secondary N) is 1. The van der Waals surface area contributed by atoms with E-state index < -0.39 is 6.10 Å². The molecular formula is C23H26N4O3. The number of aromatic nitrogens is 2. The van der Waals surface area contributed by atoms with Crippen LogP contribution >= 0.6 is 0 Å². The van der Waals surface area contributed by atoms with E-state index in [-0.39, 0.29) is 18.1 Å². The molecule has 1 atom stereocenters. The van der Waals surface area contributed by atoms with Gasteiger partial charge in [0.1, 0.15) is 0 Å². The highest BCUT2D eigenvalue weighted by Crippen LogP contribution is 2.19. The minimum absolute atomic E-state index is 0.128. The molecule has 3 aromatic rings. The molecule has 2 aliphatic rings. The summed E-state index contributed by atoms with van der Waals surface area (Å²) in [5.74, 6) is 0. The molecule has 2 aliphatic heterocycles. The highest BCUT2D eigenvalue weighted by atomic mass is 16.5. The molecule has 7 nitrogen and oxygen atoms in total. The van der Waals surface area contributed by atoms with Crippen molar-refractivity contribution in [3.63, 3.8) is 0 Å². The number of benzene rings is 2. The molecule has 0 amide bonds. The molecule has 5 rings (SSSR count). The first-order valence-corrected chi connectivity index (χ1v) is 10.5. The van der Waals surface area contributed by atoms with Crippen LogP contribution in [-0.2, 0) is 24.2 Å². The van der Waals surface area contributed by atoms with Crippen LogP contribution in [0.5, 0.6) is 0 Å². The van der Waals surface area contributed by atoms with Crippen LogP contribution in [0.4, 0.5) is 5.69 Å². The van der Waals surface area contributed by atoms with Gasteiger partial charge >= 0.3 is 0 Å². The molecule has 0 aliphatic carbocycles. The zero-order valence-corrected chi connectivity index (χ0v) is 16.8. The molecule has 7 heteroatoms. The highest BCUT2D eigenvalue weighted by molar-refractivity contribution is 5.81. The van der Waals surface area contributed by atoms with Crippen molar-refractivity contribution in [2.24, 2.45) is 0 Å². The minimum atomic E-state index is -0.638. The summed E-state index contributed by atoms with van der Waals surface area (Å²) in [7, 11) is 0. The Bertz CT molecular complexity index is 1110. The predicted octanol–water partition coefficient (Wildman–Crippen LogP) is 1.63. The second-order valence-corrected chi connectivity index (χ2v) is 8.22. The van der Waals surface area contributed by atoms with Crippen molar-refractivity contribution in [2.45, 2.75) is 31.7 Å². The number of hydrogen-bond donors (Lipinski definition) is 2. The fourth-order valence-electron chi connectivity index (χ4n) is 4.23. The Morgan fingerprint density at radius 1 is 1.17 bits per heavy atom. The lowest BCUT2D eigenvalue weighted by Gasteiger charge is -2.30. The molecule has 1 fully saturated rings. The van der Waals surface area contributed by atoms with Gasteiger partial charge in [0.25, 0.3) is 5.56 Å². The molecule has 0 bridgehead atoms. The number of hydrogen-bond acceptors (Lipinski definition) is 6. The van der Waals surface area contributed by atoms with Crippen LogP contribution in [0.25, 0.3) is 10.9 Å². The molecule has 3 heterocycles. The Hall–Kier alpha value is -2.74. The smallest absolute Gasteiger partial charge is 0.261 e. The summed E-state index contributed by atoms with van der Waals surface area (Å²) < 4.78 is 6.71. The third kappa shape index (κ3) is 3.96. The van der Waals surface area contributed by atoms with Crippen LogP contribution in [0.15, 0.2) is 53.6 Å². The third-order valence-electron chi connectivity index (χ3n) is 5.92. The number of fused-ring (bicyclic) bond motifs is 2. The van der Waals surface area contributed by atoms with Crippen molar-refractivity contribution >= 4 is 16.6 Å². The molecule has 0 spiro atoms. The van der Waals surface area contributed by atoms with E-state index in [0.29, 0.717) is 30.7 Å². The molecule has 1 saturated heterocycles. The summed E-state index contributed by atoms with van der Waals surface area (Å²) >= 11 is 0. The SMILES string of the molecule is O=c1c2cc(NC3COC3)ccc2ncn1CC(O)CN1CCc2ccccc2C1. The van der Waals surface area contributed by atoms with E-state index in [1.807, 2.05) is 18.2 Å². The quantitative estimate of drug-likeness (QED) is 0.648. The topological polar surface area (TPSA) is 79.6 Å². The maximum absolute atomic E-state index is 13.0. The van der Waals surface area contributed by atoms with Crippen LogP contribution in [0.1, 0.15) is 11.1 Å². The Morgan fingerprint density at radius 2 is 2.00 bits per heavy atom. The van der Waals surface area contributed by atoms with Crippen molar-refractivity contribution in [1.82, 2.24) is 14.5 Å². The van der Waals surface area contributed by atoms with Gasteiger partial charge in [0.15, 0.2) is 0 Å². The van der Waals surface area contributed by atoms with E-state index in [4.69, 9.17) is 4.74 Å². The van der Waals surface area contributed by atoms with E-state index in [1.165, 1.54) is 22.0 Å².